The maximum absolute atomic E-state index is 3.51. The molecule has 0 radical (unpaired) electrons. The first-order chi connectivity index (χ1) is 7.67. The van der Waals surface area contributed by atoms with E-state index in [1.54, 1.807) is 0 Å². The van der Waals surface area contributed by atoms with E-state index in [1.165, 1.54) is 12.0 Å². The quantitative estimate of drug-likeness (QED) is 0.864. The molecule has 1 aromatic rings. The van der Waals surface area contributed by atoms with E-state index in [-0.39, 0.29) is 0 Å². The minimum absolute atomic E-state index is 0.601. The Balaban J connectivity index is 2.58. The molecule has 1 atom stereocenters. The van der Waals surface area contributed by atoms with Gasteiger partial charge in [-0.05, 0) is 38.2 Å². The van der Waals surface area contributed by atoms with Crippen LogP contribution in [-0.4, -0.2) is 31.6 Å². The standard InChI is InChI=1S/C13H21BrN2/c1-4-13(9-15-2)16(3)10-11-6-5-7-12(14)8-11/h5-8,13,15H,4,9-10H2,1-3H3. The van der Waals surface area contributed by atoms with E-state index >= 15 is 0 Å². The van der Waals surface area contributed by atoms with E-state index in [0.29, 0.717) is 6.04 Å². The zero-order chi connectivity index (χ0) is 12.0. The van der Waals surface area contributed by atoms with Gasteiger partial charge in [-0.15, -0.1) is 0 Å². The van der Waals surface area contributed by atoms with Crippen LogP contribution in [0.3, 0.4) is 0 Å². The average Bonchev–Trinajstić information content (AvgIpc) is 2.25. The molecule has 0 aliphatic heterocycles. The first-order valence-electron chi connectivity index (χ1n) is 5.76. The maximum atomic E-state index is 3.51. The van der Waals surface area contributed by atoms with Crippen molar-refractivity contribution in [2.24, 2.45) is 0 Å². The summed E-state index contributed by atoms with van der Waals surface area (Å²) >= 11 is 3.51. The van der Waals surface area contributed by atoms with E-state index in [2.05, 4.69) is 64.4 Å². The Morgan fingerprint density at radius 3 is 2.75 bits per heavy atom. The summed E-state index contributed by atoms with van der Waals surface area (Å²) < 4.78 is 1.15. The van der Waals surface area contributed by atoms with Crippen molar-refractivity contribution in [2.75, 3.05) is 20.6 Å². The second-order valence-corrected chi connectivity index (χ2v) is 5.08. The number of hydrogen-bond donors (Lipinski definition) is 1. The van der Waals surface area contributed by atoms with Crippen LogP contribution in [0.1, 0.15) is 18.9 Å². The molecule has 0 saturated carbocycles. The van der Waals surface area contributed by atoms with Crippen LogP contribution in [0.4, 0.5) is 0 Å². The van der Waals surface area contributed by atoms with Gasteiger partial charge in [0.25, 0.3) is 0 Å². The molecule has 0 fully saturated rings. The number of likely N-dealkylation sites (N-methyl/N-ethyl adjacent to an activating group) is 2. The minimum atomic E-state index is 0.601. The maximum Gasteiger partial charge on any atom is 0.0234 e. The lowest BCUT2D eigenvalue weighted by atomic mass is 10.1. The zero-order valence-electron chi connectivity index (χ0n) is 10.3. The van der Waals surface area contributed by atoms with E-state index < -0.39 is 0 Å². The van der Waals surface area contributed by atoms with Gasteiger partial charge in [-0.1, -0.05) is 35.0 Å². The Morgan fingerprint density at radius 2 is 2.19 bits per heavy atom. The summed E-state index contributed by atoms with van der Waals surface area (Å²) in [6, 6.07) is 9.11. The van der Waals surface area contributed by atoms with E-state index in [4.69, 9.17) is 0 Å². The van der Waals surface area contributed by atoms with Crippen LogP contribution < -0.4 is 5.32 Å². The summed E-state index contributed by atoms with van der Waals surface area (Å²) in [5.41, 5.74) is 1.35. The molecule has 1 N–H and O–H groups in total. The van der Waals surface area contributed by atoms with Crippen LogP contribution in [0.15, 0.2) is 28.7 Å². The molecule has 0 aliphatic rings. The summed E-state index contributed by atoms with van der Waals surface area (Å²) in [5.74, 6) is 0. The van der Waals surface area contributed by atoms with Gasteiger partial charge in [0.05, 0.1) is 0 Å². The fourth-order valence-electron chi connectivity index (χ4n) is 1.90. The van der Waals surface area contributed by atoms with Gasteiger partial charge in [0, 0.05) is 23.6 Å². The van der Waals surface area contributed by atoms with Gasteiger partial charge in [0.2, 0.25) is 0 Å². The third-order valence-electron chi connectivity index (χ3n) is 2.86. The molecule has 0 bridgehead atoms. The normalized spacial score (nSPS) is 13.1. The molecule has 1 aromatic carbocycles. The minimum Gasteiger partial charge on any atom is -0.318 e. The van der Waals surface area contributed by atoms with Crippen LogP contribution in [0.2, 0.25) is 0 Å². The second kappa shape index (κ2) is 7.05. The van der Waals surface area contributed by atoms with Gasteiger partial charge in [-0.25, -0.2) is 0 Å². The lowest BCUT2D eigenvalue weighted by Crippen LogP contribution is -2.38. The van der Waals surface area contributed by atoms with Crippen LogP contribution in [0, 0.1) is 0 Å². The van der Waals surface area contributed by atoms with Crippen molar-refractivity contribution in [1.29, 1.82) is 0 Å². The van der Waals surface area contributed by atoms with Crippen molar-refractivity contribution >= 4 is 15.9 Å². The van der Waals surface area contributed by atoms with Crippen molar-refractivity contribution in [1.82, 2.24) is 10.2 Å². The average molecular weight is 285 g/mol. The molecule has 1 unspecified atom stereocenters. The highest BCUT2D eigenvalue weighted by atomic mass is 79.9. The van der Waals surface area contributed by atoms with Crippen LogP contribution in [0.5, 0.6) is 0 Å². The monoisotopic (exact) mass is 284 g/mol. The summed E-state index contributed by atoms with van der Waals surface area (Å²) in [4.78, 5) is 2.40. The van der Waals surface area contributed by atoms with Gasteiger partial charge in [0.1, 0.15) is 0 Å². The highest BCUT2D eigenvalue weighted by Crippen LogP contribution is 2.14. The molecule has 0 saturated heterocycles. The van der Waals surface area contributed by atoms with Crippen molar-refractivity contribution in [3.05, 3.63) is 34.3 Å². The molecule has 0 aliphatic carbocycles. The van der Waals surface area contributed by atoms with Crippen LogP contribution in [0.25, 0.3) is 0 Å². The number of benzene rings is 1. The van der Waals surface area contributed by atoms with Crippen molar-refractivity contribution in [2.45, 2.75) is 25.9 Å². The third kappa shape index (κ3) is 4.24. The molecule has 2 nitrogen and oxygen atoms in total. The summed E-state index contributed by atoms with van der Waals surface area (Å²) in [7, 11) is 4.20. The molecule has 0 spiro atoms. The molecule has 0 aromatic heterocycles. The van der Waals surface area contributed by atoms with E-state index in [1.807, 2.05) is 7.05 Å². The summed E-state index contributed by atoms with van der Waals surface area (Å²) in [6.45, 7) is 4.28. The molecule has 0 amide bonds. The van der Waals surface area contributed by atoms with Crippen LogP contribution >= 0.6 is 15.9 Å². The Kier molecular flexibility index (Phi) is 6.03. The van der Waals surface area contributed by atoms with Gasteiger partial charge >= 0.3 is 0 Å². The molecule has 16 heavy (non-hydrogen) atoms. The van der Waals surface area contributed by atoms with Gasteiger partial charge in [-0.3, -0.25) is 4.90 Å². The zero-order valence-corrected chi connectivity index (χ0v) is 11.9. The van der Waals surface area contributed by atoms with E-state index in [9.17, 15) is 0 Å². The Bertz CT molecular complexity index is 315. The smallest absolute Gasteiger partial charge is 0.0234 e. The van der Waals surface area contributed by atoms with Gasteiger partial charge < -0.3 is 5.32 Å². The predicted molar refractivity (Wildman–Crippen MR) is 73.6 cm³/mol. The Hall–Kier alpha value is -0.380. The van der Waals surface area contributed by atoms with Gasteiger partial charge in [0.15, 0.2) is 0 Å². The number of hydrogen-bond acceptors (Lipinski definition) is 2. The highest BCUT2D eigenvalue weighted by Gasteiger charge is 2.11. The molecular weight excluding hydrogens is 264 g/mol. The molecule has 3 heteroatoms. The van der Waals surface area contributed by atoms with Crippen molar-refractivity contribution in [3.8, 4) is 0 Å². The Morgan fingerprint density at radius 1 is 1.44 bits per heavy atom. The van der Waals surface area contributed by atoms with Gasteiger partial charge in [-0.2, -0.15) is 0 Å². The lowest BCUT2D eigenvalue weighted by Gasteiger charge is -2.27. The molecule has 1 rings (SSSR count). The first-order valence-corrected chi connectivity index (χ1v) is 6.56. The van der Waals surface area contributed by atoms with Crippen molar-refractivity contribution in [3.63, 3.8) is 0 Å². The number of halogens is 1. The largest absolute Gasteiger partial charge is 0.318 e. The fraction of sp³-hybridized carbons (Fsp3) is 0.538. The summed E-state index contributed by atoms with van der Waals surface area (Å²) in [6.07, 6.45) is 1.17. The number of nitrogens with one attached hydrogen (secondary N) is 1. The highest BCUT2D eigenvalue weighted by molar-refractivity contribution is 9.10. The summed E-state index contributed by atoms with van der Waals surface area (Å²) in [5, 5.41) is 3.25. The van der Waals surface area contributed by atoms with E-state index in [0.717, 1.165) is 17.6 Å². The molecular formula is C13H21BrN2. The molecule has 0 heterocycles. The SMILES string of the molecule is CCC(CNC)N(C)Cc1cccc(Br)c1. The topological polar surface area (TPSA) is 15.3 Å². The second-order valence-electron chi connectivity index (χ2n) is 4.16. The Labute approximate surface area is 107 Å². The predicted octanol–water partition coefficient (Wildman–Crippen LogP) is 2.88. The number of nitrogens with zero attached hydrogens (tertiary/aromatic N) is 1. The number of rotatable bonds is 6. The lowest BCUT2D eigenvalue weighted by molar-refractivity contribution is 0.224. The third-order valence-corrected chi connectivity index (χ3v) is 3.35. The van der Waals surface area contributed by atoms with Crippen LogP contribution in [-0.2, 0) is 6.54 Å². The van der Waals surface area contributed by atoms with Crippen molar-refractivity contribution < 1.29 is 0 Å². The molecule has 90 valence electrons. The first kappa shape index (κ1) is 13.7. The fourth-order valence-corrected chi connectivity index (χ4v) is 2.35.